The highest BCUT2D eigenvalue weighted by molar-refractivity contribution is 5.94. The van der Waals surface area contributed by atoms with Crippen molar-refractivity contribution in [3.8, 4) is 0 Å². The highest BCUT2D eigenvalue weighted by atomic mass is 16.7. The quantitative estimate of drug-likeness (QED) is 0.536. The molecule has 15 heavy (non-hydrogen) atoms. The molecule has 2 rings (SSSR count). The SMILES string of the molecule is CC1(C)[C@@H]2CC[C@@]1(C)/C(=N\OC(=O)O)C2. The summed E-state index contributed by atoms with van der Waals surface area (Å²) in [6, 6.07) is 0. The van der Waals surface area contributed by atoms with Crippen molar-refractivity contribution < 1.29 is 14.7 Å². The molecule has 1 N–H and O–H groups in total. The van der Waals surface area contributed by atoms with Crippen LogP contribution in [-0.4, -0.2) is 17.0 Å². The minimum absolute atomic E-state index is 0.0209. The summed E-state index contributed by atoms with van der Waals surface area (Å²) in [5.74, 6) is 0.624. The fourth-order valence-corrected chi connectivity index (χ4v) is 3.16. The number of rotatable bonds is 1. The highest BCUT2D eigenvalue weighted by Gasteiger charge is 2.60. The molecule has 2 aliphatic carbocycles. The number of carboxylic acid groups (broad SMARTS) is 1. The van der Waals surface area contributed by atoms with E-state index in [0.29, 0.717) is 5.92 Å². The second-order valence-electron chi connectivity index (χ2n) is 5.39. The van der Waals surface area contributed by atoms with E-state index in [2.05, 4.69) is 30.8 Å². The maximum absolute atomic E-state index is 10.3. The van der Waals surface area contributed by atoms with Crippen molar-refractivity contribution in [3.63, 3.8) is 0 Å². The summed E-state index contributed by atoms with van der Waals surface area (Å²) >= 11 is 0. The van der Waals surface area contributed by atoms with Crippen LogP contribution in [0.3, 0.4) is 0 Å². The molecule has 2 atom stereocenters. The topological polar surface area (TPSA) is 58.9 Å². The van der Waals surface area contributed by atoms with Crippen molar-refractivity contribution in [1.29, 1.82) is 0 Å². The van der Waals surface area contributed by atoms with E-state index in [1.807, 2.05) is 0 Å². The van der Waals surface area contributed by atoms with Gasteiger partial charge in [-0.15, -0.1) is 0 Å². The van der Waals surface area contributed by atoms with Crippen molar-refractivity contribution in [1.82, 2.24) is 0 Å². The molecule has 0 heterocycles. The van der Waals surface area contributed by atoms with Gasteiger partial charge >= 0.3 is 6.16 Å². The summed E-state index contributed by atoms with van der Waals surface area (Å²) in [4.78, 5) is 14.6. The molecular weight excluding hydrogens is 194 g/mol. The molecular formula is C11H17NO3. The third-order valence-corrected chi connectivity index (χ3v) is 4.75. The van der Waals surface area contributed by atoms with Crippen molar-refractivity contribution in [2.24, 2.45) is 21.9 Å². The Hall–Kier alpha value is -1.06. The van der Waals surface area contributed by atoms with Gasteiger partial charge in [0.15, 0.2) is 0 Å². The molecule has 2 saturated carbocycles. The van der Waals surface area contributed by atoms with Gasteiger partial charge < -0.3 is 5.11 Å². The zero-order valence-electron chi connectivity index (χ0n) is 9.41. The van der Waals surface area contributed by atoms with Crippen LogP contribution >= 0.6 is 0 Å². The third kappa shape index (κ3) is 1.27. The number of carbonyl (C=O) groups is 1. The largest absolute Gasteiger partial charge is 0.532 e. The van der Waals surface area contributed by atoms with E-state index in [1.165, 1.54) is 6.42 Å². The minimum Gasteiger partial charge on any atom is -0.448 e. The van der Waals surface area contributed by atoms with E-state index < -0.39 is 6.16 Å². The van der Waals surface area contributed by atoms with Crippen molar-refractivity contribution in [2.45, 2.75) is 40.0 Å². The number of fused-ring (bicyclic) bond motifs is 2. The molecule has 2 bridgehead atoms. The molecule has 0 spiro atoms. The van der Waals surface area contributed by atoms with Gasteiger partial charge in [-0.25, -0.2) is 4.79 Å². The second-order valence-corrected chi connectivity index (χ2v) is 5.39. The Morgan fingerprint density at radius 1 is 1.53 bits per heavy atom. The van der Waals surface area contributed by atoms with Gasteiger partial charge in [-0.05, 0) is 30.6 Å². The number of nitrogens with zero attached hydrogens (tertiary/aromatic N) is 1. The molecule has 0 radical (unpaired) electrons. The first-order valence-electron chi connectivity index (χ1n) is 5.35. The van der Waals surface area contributed by atoms with E-state index in [1.54, 1.807) is 0 Å². The predicted octanol–water partition coefficient (Wildman–Crippen LogP) is 2.88. The fraction of sp³-hybridized carbons (Fsp3) is 0.818. The van der Waals surface area contributed by atoms with Crippen LogP contribution in [0.5, 0.6) is 0 Å². The lowest BCUT2D eigenvalue weighted by Gasteiger charge is -2.34. The van der Waals surface area contributed by atoms with Crippen LogP contribution in [0.25, 0.3) is 0 Å². The zero-order valence-corrected chi connectivity index (χ0v) is 9.41. The van der Waals surface area contributed by atoms with E-state index in [-0.39, 0.29) is 10.8 Å². The first kappa shape index (κ1) is 10.5. The first-order valence-corrected chi connectivity index (χ1v) is 5.35. The van der Waals surface area contributed by atoms with Gasteiger partial charge in [0, 0.05) is 5.41 Å². The maximum Gasteiger partial charge on any atom is 0.532 e. The predicted molar refractivity (Wildman–Crippen MR) is 55.8 cm³/mol. The van der Waals surface area contributed by atoms with Crippen LogP contribution in [0.1, 0.15) is 40.0 Å². The van der Waals surface area contributed by atoms with Crippen LogP contribution in [0.2, 0.25) is 0 Å². The Kier molecular flexibility index (Phi) is 2.07. The van der Waals surface area contributed by atoms with Crippen molar-refractivity contribution in [3.05, 3.63) is 0 Å². The Labute approximate surface area is 89.3 Å². The second kappa shape index (κ2) is 2.97. The van der Waals surface area contributed by atoms with E-state index in [0.717, 1.165) is 18.6 Å². The summed E-state index contributed by atoms with van der Waals surface area (Å²) in [6.45, 7) is 6.66. The van der Waals surface area contributed by atoms with Gasteiger partial charge in [0.05, 0.1) is 5.71 Å². The Balaban J connectivity index is 2.26. The van der Waals surface area contributed by atoms with Gasteiger partial charge in [-0.1, -0.05) is 25.9 Å². The van der Waals surface area contributed by atoms with Gasteiger partial charge in [0.25, 0.3) is 0 Å². The molecule has 2 fully saturated rings. The van der Waals surface area contributed by atoms with E-state index >= 15 is 0 Å². The van der Waals surface area contributed by atoms with Crippen LogP contribution in [0.4, 0.5) is 4.79 Å². The van der Waals surface area contributed by atoms with Crippen molar-refractivity contribution in [2.75, 3.05) is 0 Å². The Morgan fingerprint density at radius 3 is 2.60 bits per heavy atom. The van der Waals surface area contributed by atoms with Gasteiger partial charge in [-0.2, -0.15) is 0 Å². The van der Waals surface area contributed by atoms with Crippen LogP contribution < -0.4 is 0 Å². The highest BCUT2D eigenvalue weighted by Crippen LogP contribution is 2.63. The molecule has 0 aromatic heterocycles. The number of oxime groups is 1. The van der Waals surface area contributed by atoms with Crippen LogP contribution in [-0.2, 0) is 4.84 Å². The van der Waals surface area contributed by atoms with Gasteiger partial charge in [-0.3, -0.25) is 4.84 Å². The molecule has 84 valence electrons. The zero-order chi connectivity index (χ0) is 11.3. The lowest BCUT2D eigenvalue weighted by molar-refractivity contribution is 0.0926. The van der Waals surface area contributed by atoms with E-state index in [9.17, 15) is 4.79 Å². The summed E-state index contributed by atoms with van der Waals surface area (Å²) in [7, 11) is 0. The molecule has 0 aliphatic heterocycles. The van der Waals surface area contributed by atoms with Gasteiger partial charge in [0.2, 0.25) is 0 Å². The monoisotopic (exact) mass is 211 g/mol. The molecule has 4 nitrogen and oxygen atoms in total. The molecule has 0 saturated heterocycles. The smallest absolute Gasteiger partial charge is 0.448 e. The normalized spacial score (nSPS) is 39.7. The third-order valence-electron chi connectivity index (χ3n) is 4.75. The molecule has 4 heteroatoms. The summed E-state index contributed by atoms with van der Waals surface area (Å²) in [5.41, 5.74) is 1.16. The molecule has 0 aromatic carbocycles. The summed E-state index contributed by atoms with van der Waals surface area (Å²) < 4.78 is 0. The number of hydrogen-bond donors (Lipinski definition) is 1. The van der Waals surface area contributed by atoms with E-state index in [4.69, 9.17) is 5.11 Å². The van der Waals surface area contributed by atoms with Crippen molar-refractivity contribution >= 4 is 11.9 Å². The average Bonchev–Trinajstić information content (AvgIpc) is 2.46. The molecule has 0 unspecified atom stereocenters. The van der Waals surface area contributed by atoms with Crippen LogP contribution in [0.15, 0.2) is 5.16 Å². The standard InChI is InChI=1S/C11H17NO3/c1-10(2)7-4-5-11(10,3)8(6-7)12-15-9(13)14/h7H,4-6H2,1-3H3,(H,13,14)/b12-8-/t7-,11+/m1/s1. The number of hydrogen-bond acceptors (Lipinski definition) is 3. The fourth-order valence-electron chi connectivity index (χ4n) is 3.16. The van der Waals surface area contributed by atoms with Gasteiger partial charge in [0.1, 0.15) is 0 Å². The molecule has 2 aliphatic rings. The average molecular weight is 211 g/mol. The minimum atomic E-state index is -1.33. The summed E-state index contributed by atoms with van der Waals surface area (Å²) in [6.07, 6.45) is 1.87. The Bertz CT molecular complexity index is 335. The van der Waals surface area contributed by atoms with Crippen LogP contribution in [0, 0.1) is 16.7 Å². The summed E-state index contributed by atoms with van der Waals surface area (Å²) in [5, 5.41) is 12.2. The molecule has 0 aromatic rings. The first-order chi connectivity index (χ1) is 6.88. The lowest BCUT2D eigenvalue weighted by Crippen LogP contribution is -2.32. The lowest BCUT2D eigenvalue weighted by atomic mass is 9.70. The maximum atomic E-state index is 10.3. The molecule has 0 amide bonds. The Morgan fingerprint density at radius 2 is 2.20 bits per heavy atom.